The summed E-state index contributed by atoms with van der Waals surface area (Å²) in [4.78, 5) is 30.5. The van der Waals surface area contributed by atoms with Crippen LogP contribution in [0.3, 0.4) is 0 Å². The lowest BCUT2D eigenvalue weighted by atomic mass is 9.99. The molecule has 2 saturated heterocycles. The van der Waals surface area contributed by atoms with Crippen molar-refractivity contribution in [3.8, 4) is 0 Å². The lowest BCUT2D eigenvalue weighted by Gasteiger charge is -2.36. The molecule has 2 amide bonds. The van der Waals surface area contributed by atoms with Gasteiger partial charge in [-0.05, 0) is 37.5 Å². The zero-order valence-electron chi connectivity index (χ0n) is 16.1. The van der Waals surface area contributed by atoms with E-state index in [0.717, 1.165) is 19.6 Å². The number of benzene rings is 1. The van der Waals surface area contributed by atoms with Crippen LogP contribution in [-0.4, -0.2) is 79.0 Å². The molecule has 6 heteroatoms. The molecule has 6 nitrogen and oxygen atoms in total. The van der Waals surface area contributed by atoms with Crippen molar-refractivity contribution in [1.29, 1.82) is 0 Å². The first-order valence-electron chi connectivity index (χ1n) is 9.40. The molecule has 1 aromatic rings. The van der Waals surface area contributed by atoms with Crippen LogP contribution in [0, 0.1) is 20.8 Å². The van der Waals surface area contributed by atoms with Gasteiger partial charge in [-0.2, -0.15) is 0 Å². The first kappa shape index (κ1) is 18.9. The lowest BCUT2D eigenvalue weighted by molar-refractivity contribution is -0.155. The van der Waals surface area contributed by atoms with E-state index in [1.54, 1.807) is 9.80 Å². The van der Waals surface area contributed by atoms with Crippen LogP contribution in [0.15, 0.2) is 12.1 Å². The number of morpholine rings is 1. The Labute approximate surface area is 155 Å². The van der Waals surface area contributed by atoms with Crippen molar-refractivity contribution in [3.05, 3.63) is 34.4 Å². The molecule has 26 heavy (non-hydrogen) atoms. The van der Waals surface area contributed by atoms with E-state index in [-0.39, 0.29) is 11.8 Å². The highest BCUT2D eigenvalue weighted by atomic mass is 16.5. The first-order chi connectivity index (χ1) is 12.5. The van der Waals surface area contributed by atoms with E-state index in [0.29, 0.717) is 39.4 Å². The van der Waals surface area contributed by atoms with Gasteiger partial charge in [0.15, 0.2) is 0 Å². The third kappa shape index (κ3) is 4.24. The number of nitrogens with zero attached hydrogens (tertiary/aromatic N) is 3. The fraction of sp³-hybridized carbons (Fsp3) is 0.600. The van der Waals surface area contributed by atoms with Crippen LogP contribution in [0.4, 0.5) is 0 Å². The van der Waals surface area contributed by atoms with Crippen LogP contribution in [-0.2, 0) is 20.9 Å². The Morgan fingerprint density at radius 3 is 1.88 bits per heavy atom. The van der Waals surface area contributed by atoms with Crippen molar-refractivity contribution in [2.75, 3.05) is 52.5 Å². The Hall–Kier alpha value is -1.92. The van der Waals surface area contributed by atoms with Gasteiger partial charge in [-0.15, -0.1) is 0 Å². The largest absolute Gasteiger partial charge is 0.378 e. The molecule has 0 unspecified atom stereocenters. The highest BCUT2D eigenvalue weighted by Crippen LogP contribution is 2.19. The number of ether oxygens (including phenoxy) is 1. The van der Waals surface area contributed by atoms with Gasteiger partial charge in [-0.1, -0.05) is 17.7 Å². The summed E-state index contributed by atoms with van der Waals surface area (Å²) >= 11 is 0. The summed E-state index contributed by atoms with van der Waals surface area (Å²) in [7, 11) is 0. The van der Waals surface area contributed by atoms with Gasteiger partial charge in [0.25, 0.3) is 0 Å². The third-order valence-corrected chi connectivity index (χ3v) is 5.36. The molecule has 142 valence electrons. The second-order valence-corrected chi connectivity index (χ2v) is 7.35. The van der Waals surface area contributed by atoms with Crippen LogP contribution in [0.5, 0.6) is 0 Å². The molecule has 0 N–H and O–H groups in total. The summed E-state index contributed by atoms with van der Waals surface area (Å²) in [5.41, 5.74) is 5.31. The van der Waals surface area contributed by atoms with Crippen LogP contribution >= 0.6 is 0 Å². The van der Waals surface area contributed by atoms with Gasteiger partial charge in [0, 0.05) is 45.8 Å². The number of hydrogen-bond acceptors (Lipinski definition) is 4. The molecule has 0 spiro atoms. The summed E-state index contributed by atoms with van der Waals surface area (Å²) in [6.45, 7) is 12.2. The van der Waals surface area contributed by atoms with Crippen molar-refractivity contribution >= 4 is 11.8 Å². The molecule has 0 atom stereocenters. The van der Waals surface area contributed by atoms with Gasteiger partial charge in [-0.25, -0.2) is 0 Å². The van der Waals surface area contributed by atoms with Crippen molar-refractivity contribution in [2.45, 2.75) is 27.3 Å². The molecule has 1 aromatic carbocycles. The highest BCUT2D eigenvalue weighted by Gasteiger charge is 2.30. The molecule has 0 bridgehead atoms. The first-order valence-corrected chi connectivity index (χ1v) is 9.40. The fourth-order valence-electron chi connectivity index (χ4n) is 3.83. The van der Waals surface area contributed by atoms with E-state index >= 15 is 0 Å². The number of piperazine rings is 1. The molecule has 0 saturated carbocycles. The molecule has 2 heterocycles. The lowest BCUT2D eigenvalue weighted by Crippen LogP contribution is -2.54. The van der Waals surface area contributed by atoms with Crippen molar-refractivity contribution in [2.24, 2.45) is 0 Å². The minimum atomic E-state index is -0.382. The average Bonchev–Trinajstić information content (AvgIpc) is 2.64. The van der Waals surface area contributed by atoms with Gasteiger partial charge in [0.2, 0.25) is 0 Å². The standard InChI is InChI=1S/C20H29N3O3/c1-15-12-16(2)18(17(3)13-15)14-21-4-6-22(7-5-21)19(24)20(25)23-8-10-26-11-9-23/h12-13H,4-11,14H2,1-3H3. The SMILES string of the molecule is Cc1cc(C)c(CN2CCN(C(=O)C(=O)N3CCOCC3)CC2)c(C)c1. The Bertz CT molecular complexity index is 652. The van der Waals surface area contributed by atoms with E-state index in [2.05, 4.69) is 37.8 Å². The van der Waals surface area contributed by atoms with Gasteiger partial charge in [-0.3, -0.25) is 14.5 Å². The van der Waals surface area contributed by atoms with Gasteiger partial charge < -0.3 is 14.5 Å². The molecular weight excluding hydrogens is 330 g/mol. The van der Waals surface area contributed by atoms with Gasteiger partial charge >= 0.3 is 11.8 Å². The molecule has 2 aliphatic rings. The zero-order chi connectivity index (χ0) is 18.7. The Kier molecular flexibility index (Phi) is 5.94. The molecule has 3 rings (SSSR count). The van der Waals surface area contributed by atoms with E-state index in [1.807, 2.05) is 0 Å². The van der Waals surface area contributed by atoms with Crippen molar-refractivity contribution in [3.63, 3.8) is 0 Å². The smallest absolute Gasteiger partial charge is 0.312 e. The predicted molar refractivity (Wildman–Crippen MR) is 99.9 cm³/mol. The number of carbonyl (C=O) groups excluding carboxylic acids is 2. The fourth-order valence-corrected chi connectivity index (χ4v) is 3.83. The summed E-state index contributed by atoms with van der Waals surface area (Å²) in [5, 5.41) is 0. The summed E-state index contributed by atoms with van der Waals surface area (Å²) < 4.78 is 5.25. The summed E-state index contributed by atoms with van der Waals surface area (Å²) in [6, 6.07) is 4.45. The minimum absolute atomic E-state index is 0.366. The van der Waals surface area contributed by atoms with Crippen LogP contribution in [0.1, 0.15) is 22.3 Å². The molecule has 0 radical (unpaired) electrons. The van der Waals surface area contributed by atoms with Crippen molar-refractivity contribution in [1.82, 2.24) is 14.7 Å². The Morgan fingerprint density at radius 2 is 1.35 bits per heavy atom. The van der Waals surface area contributed by atoms with E-state index in [9.17, 15) is 9.59 Å². The average molecular weight is 359 g/mol. The van der Waals surface area contributed by atoms with Crippen LogP contribution in [0.25, 0.3) is 0 Å². The quantitative estimate of drug-likeness (QED) is 0.743. The minimum Gasteiger partial charge on any atom is -0.378 e. The monoisotopic (exact) mass is 359 g/mol. The van der Waals surface area contributed by atoms with E-state index in [4.69, 9.17) is 4.74 Å². The number of carbonyl (C=O) groups is 2. The van der Waals surface area contributed by atoms with E-state index in [1.165, 1.54) is 22.3 Å². The predicted octanol–water partition coefficient (Wildman–Crippen LogP) is 1.11. The normalized spacial score (nSPS) is 18.9. The van der Waals surface area contributed by atoms with Crippen molar-refractivity contribution < 1.29 is 14.3 Å². The number of rotatable bonds is 2. The second-order valence-electron chi connectivity index (χ2n) is 7.35. The molecular formula is C20H29N3O3. The van der Waals surface area contributed by atoms with Gasteiger partial charge in [0.1, 0.15) is 0 Å². The molecule has 2 fully saturated rings. The number of hydrogen-bond donors (Lipinski definition) is 0. The maximum Gasteiger partial charge on any atom is 0.312 e. The van der Waals surface area contributed by atoms with E-state index < -0.39 is 0 Å². The summed E-state index contributed by atoms with van der Waals surface area (Å²) in [6.07, 6.45) is 0. The molecule has 0 aliphatic carbocycles. The third-order valence-electron chi connectivity index (χ3n) is 5.36. The Balaban J connectivity index is 1.54. The zero-order valence-corrected chi connectivity index (χ0v) is 16.1. The second kappa shape index (κ2) is 8.18. The highest BCUT2D eigenvalue weighted by molar-refractivity contribution is 6.34. The van der Waals surface area contributed by atoms with Crippen LogP contribution in [0.2, 0.25) is 0 Å². The Morgan fingerprint density at radius 1 is 0.846 bits per heavy atom. The molecule has 2 aliphatic heterocycles. The molecule has 0 aromatic heterocycles. The number of aryl methyl sites for hydroxylation is 3. The number of amides is 2. The maximum atomic E-state index is 12.5. The summed E-state index contributed by atoms with van der Waals surface area (Å²) in [5.74, 6) is -0.749. The van der Waals surface area contributed by atoms with Crippen LogP contribution < -0.4 is 0 Å². The topological polar surface area (TPSA) is 53.1 Å². The van der Waals surface area contributed by atoms with Gasteiger partial charge in [0.05, 0.1) is 13.2 Å². The maximum absolute atomic E-state index is 12.5.